The molecule has 296 valence electrons. The van der Waals surface area contributed by atoms with Gasteiger partial charge in [0.05, 0.1) is 20.8 Å². The predicted molar refractivity (Wildman–Crippen MR) is 204 cm³/mol. The Morgan fingerprint density at radius 3 is 1.64 bits per heavy atom. The van der Waals surface area contributed by atoms with Crippen molar-refractivity contribution in [1.29, 1.82) is 0 Å². The van der Waals surface area contributed by atoms with Crippen molar-refractivity contribution in [2.75, 3.05) is 33.4 Å². The molecule has 0 aliphatic carbocycles. The third kappa shape index (κ3) is 7.98. The van der Waals surface area contributed by atoms with E-state index >= 15 is 0 Å². The second kappa shape index (κ2) is 16.0. The molecule has 4 aromatic carbocycles. The van der Waals surface area contributed by atoms with E-state index in [1.807, 2.05) is 42.5 Å². The van der Waals surface area contributed by atoms with Crippen LogP contribution in [0.2, 0.25) is 0 Å². The highest BCUT2D eigenvalue weighted by Gasteiger charge is 2.38. The summed E-state index contributed by atoms with van der Waals surface area (Å²) in [5.74, 6) is -1.11. The van der Waals surface area contributed by atoms with Crippen molar-refractivity contribution in [1.82, 2.24) is 18.2 Å². The molecule has 56 heavy (non-hydrogen) atoms. The average molecular weight is 813 g/mol. The van der Waals surface area contributed by atoms with Gasteiger partial charge in [-0.15, -0.1) is 0 Å². The minimum atomic E-state index is -5.08. The topological polar surface area (TPSA) is 149 Å². The summed E-state index contributed by atoms with van der Waals surface area (Å²) in [6, 6.07) is 28.3. The molecule has 0 bridgehead atoms. The first-order valence-corrected chi connectivity index (χ1v) is 20.3. The van der Waals surface area contributed by atoms with Gasteiger partial charge in [0.2, 0.25) is 0 Å². The molecule has 17 heteroatoms. The number of hydrogen-bond donors (Lipinski definition) is 2. The van der Waals surface area contributed by atoms with Crippen LogP contribution in [0.25, 0.3) is 21.8 Å². The Kier molecular flexibility index (Phi) is 11.5. The summed E-state index contributed by atoms with van der Waals surface area (Å²) in [6.07, 6.45) is -1.84. The first kappa shape index (κ1) is 40.3. The fraction of sp³-hybridized carbons (Fsp3) is 0.256. The van der Waals surface area contributed by atoms with Crippen molar-refractivity contribution in [3.8, 4) is 11.5 Å². The van der Waals surface area contributed by atoms with Crippen LogP contribution in [-0.2, 0) is 24.8 Å². The zero-order chi connectivity index (χ0) is 40.4. The van der Waals surface area contributed by atoms with Crippen molar-refractivity contribution in [2.45, 2.75) is 41.9 Å². The summed E-state index contributed by atoms with van der Waals surface area (Å²) in [6.45, 7) is 7.01. The highest BCUT2D eigenvalue weighted by Crippen LogP contribution is 2.39. The lowest BCUT2D eigenvalue weighted by molar-refractivity contribution is -0.192. The van der Waals surface area contributed by atoms with Gasteiger partial charge in [-0.25, -0.2) is 29.6 Å². The quantitative estimate of drug-likeness (QED) is 0.194. The standard InChI is InChI=1S/C19H20N2O3S.C18H18N2O3S.C2HF3O2/c1-14-19-16-10-11-21(25(22,23)15-6-4-3-5-7-15)17(16)8-9-18(19)24-13-12-20(14)2;1-13-18-15-9-11-20(24(21,22)14-5-3-2-4-6-14)16(15)7-8-17(18)23-12-10-19-13;3-2(4,5)1(6)7/h3-11,14H,12-13H2,1-2H3;2-9,11,13,19H,10,12H2,1H3;(H,6,7). The Balaban J connectivity index is 0.000000163. The zero-order valence-electron chi connectivity index (χ0n) is 30.5. The van der Waals surface area contributed by atoms with E-state index in [0.717, 1.165) is 46.5 Å². The first-order chi connectivity index (χ1) is 26.5. The molecule has 2 aromatic heterocycles. The van der Waals surface area contributed by atoms with Gasteiger partial charge in [0.15, 0.2) is 0 Å². The van der Waals surface area contributed by atoms with Gasteiger partial charge in [0.1, 0.15) is 24.7 Å². The molecule has 0 saturated carbocycles. The molecule has 2 N–H and O–H groups in total. The molecule has 12 nitrogen and oxygen atoms in total. The molecule has 0 saturated heterocycles. The predicted octanol–water partition coefficient (Wildman–Crippen LogP) is 6.82. The summed E-state index contributed by atoms with van der Waals surface area (Å²) >= 11 is 0. The number of nitrogens with zero attached hydrogens (tertiary/aromatic N) is 3. The van der Waals surface area contributed by atoms with Gasteiger partial charge < -0.3 is 19.9 Å². The number of carboxylic acid groups (broad SMARTS) is 1. The molecule has 2 aliphatic rings. The SMILES string of the molecule is CC1NCCOc2ccc3c(ccn3S(=O)(=O)c3ccccc3)c21.CC1c2c(ccc3c2ccn3S(=O)(=O)c2ccccc2)OCCN1C.O=C(O)C(F)(F)F. The van der Waals surface area contributed by atoms with Crippen molar-refractivity contribution in [3.05, 3.63) is 121 Å². The van der Waals surface area contributed by atoms with Gasteiger partial charge in [-0.1, -0.05) is 36.4 Å². The Labute approximate surface area is 321 Å². The fourth-order valence-corrected chi connectivity index (χ4v) is 9.34. The van der Waals surface area contributed by atoms with Crippen molar-refractivity contribution in [2.24, 2.45) is 0 Å². The Morgan fingerprint density at radius 2 is 1.16 bits per heavy atom. The molecule has 0 radical (unpaired) electrons. The van der Waals surface area contributed by atoms with Gasteiger partial charge >= 0.3 is 12.1 Å². The van der Waals surface area contributed by atoms with E-state index in [-0.39, 0.29) is 21.9 Å². The van der Waals surface area contributed by atoms with Crippen LogP contribution in [0.15, 0.2) is 119 Å². The van der Waals surface area contributed by atoms with E-state index in [4.69, 9.17) is 19.4 Å². The smallest absolute Gasteiger partial charge is 0.490 e. The van der Waals surface area contributed by atoms with Crippen molar-refractivity contribution >= 4 is 47.8 Å². The minimum Gasteiger partial charge on any atom is -0.492 e. The normalized spacial score (nSPS) is 17.4. The zero-order valence-corrected chi connectivity index (χ0v) is 32.1. The number of aliphatic carboxylic acids is 1. The maximum Gasteiger partial charge on any atom is 0.490 e. The summed E-state index contributed by atoms with van der Waals surface area (Å²) in [5.41, 5.74) is 3.39. The fourth-order valence-electron chi connectivity index (χ4n) is 6.60. The molecule has 2 atom stereocenters. The van der Waals surface area contributed by atoms with Gasteiger partial charge in [-0.2, -0.15) is 13.2 Å². The van der Waals surface area contributed by atoms with Gasteiger partial charge in [-0.05, 0) is 81.6 Å². The first-order valence-electron chi connectivity index (χ1n) is 17.4. The number of aromatic nitrogens is 2. The van der Waals surface area contributed by atoms with E-state index in [1.54, 1.807) is 67.0 Å². The van der Waals surface area contributed by atoms with Crippen LogP contribution in [0, 0.1) is 0 Å². The van der Waals surface area contributed by atoms with Crippen LogP contribution < -0.4 is 14.8 Å². The van der Waals surface area contributed by atoms with E-state index in [9.17, 15) is 30.0 Å². The number of alkyl halides is 3. The van der Waals surface area contributed by atoms with Crippen LogP contribution in [0.5, 0.6) is 11.5 Å². The molecule has 6 aromatic rings. The Hall–Kier alpha value is -5.36. The van der Waals surface area contributed by atoms with Crippen LogP contribution >= 0.6 is 0 Å². The van der Waals surface area contributed by atoms with E-state index in [1.165, 1.54) is 7.94 Å². The largest absolute Gasteiger partial charge is 0.492 e. The Bertz CT molecular complexity index is 2580. The van der Waals surface area contributed by atoms with Gasteiger partial charge in [-0.3, -0.25) is 4.90 Å². The molecule has 4 heterocycles. The molecule has 8 rings (SSSR count). The lowest BCUT2D eigenvalue weighted by atomic mass is 10.0. The third-order valence-electron chi connectivity index (χ3n) is 9.54. The maximum atomic E-state index is 13.0. The lowest BCUT2D eigenvalue weighted by Gasteiger charge is -2.22. The number of hydrogen-bond acceptors (Lipinski definition) is 9. The second-order valence-corrected chi connectivity index (χ2v) is 16.6. The third-order valence-corrected chi connectivity index (χ3v) is 13.0. The van der Waals surface area contributed by atoms with E-state index in [0.29, 0.717) is 24.2 Å². The molecule has 2 unspecified atom stereocenters. The number of rotatable bonds is 4. The molecule has 0 amide bonds. The summed E-state index contributed by atoms with van der Waals surface area (Å²) in [5, 5.41) is 12.3. The summed E-state index contributed by atoms with van der Waals surface area (Å²) < 4.78 is 98.0. The number of carboxylic acids is 1. The highest BCUT2D eigenvalue weighted by atomic mass is 32.2. The van der Waals surface area contributed by atoms with Crippen molar-refractivity contribution in [3.63, 3.8) is 0 Å². The molecule has 0 fully saturated rings. The number of nitrogens with one attached hydrogen (secondary N) is 1. The molecule has 2 aliphatic heterocycles. The van der Waals surface area contributed by atoms with Crippen LogP contribution in [0.4, 0.5) is 13.2 Å². The monoisotopic (exact) mass is 812 g/mol. The number of likely N-dealkylation sites (N-methyl/N-ethyl adjacent to an activating group) is 1. The number of ether oxygens (including phenoxy) is 2. The maximum absolute atomic E-state index is 13.0. The summed E-state index contributed by atoms with van der Waals surface area (Å²) in [7, 11) is -5.19. The van der Waals surface area contributed by atoms with E-state index < -0.39 is 32.2 Å². The van der Waals surface area contributed by atoms with Gasteiger partial charge in [0.25, 0.3) is 20.0 Å². The van der Waals surface area contributed by atoms with Crippen LogP contribution in [0.1, 0.15) is 37.1 Å². The lowest BCUT2D eigenvalue weighted by Crippen LogP contribution is -2.24. The number of fused-ring (bicyclic) bond motifs is 6. The van der Waals surface area contributed by atoms with E-state index in [2.05, 4.69) is 31.1 Å². The molecular formula is C39H39F3N4O8S2. The van der Waals surface area contributed by atoms with Crippen LogP contribution in [0.3, 0.4) is 0 Å². The number of carbonyl (C=O) groups is 1. The van der Waals surface area contributed by atoms with Crippen molar-refractivity contribution < 1.29 is 49.4 Å². The molecule has 0 spiro atoms. The highest BCUT2D eigenvalue weighted by molar-refractivity contribution is 7.90. The number of halogens is 3. The summed E-state index contributed by atoms with van der Waals surface area (Å²) in [4.78, 5) is 11.7. The minimum absolute atomic E-state index is 0.0986. The molecular weight excluding hydrogens is 774 g/mol. The van der Waals surface area contributed by atoms with Crippen LogP contribution in [-0.4, -0.2) is 80.3 Å². The number of benzene rings is 4. The second-order valence-electron chi connectivity index (χ2n) is 13.0. The Morgan fingerprint density at radius 1 is 0.714 bits per heavy atom. The average Bonchev–Trinajstić information content (AvgIpc) is 3.74. The van der Waals surface area contributed by atoms with Gasteiger partial charge in [0, 0.05) is 59.5 Å².